The molecule has 1 heterocycles. The van der Waals surface area contributed by atoms with Gasteiger partial charge in [-0.15, -0.1) is 0 Å². The Kier molecular flexibility index (Phi) is 4.27. The van der Waals surface area contributed by atoms with Gasteiger partial charge in [-0.05, 0) is 35.9 Å². The molecule has 0 saturated carbocycles. The van der Waals surface area contributed by atoms with E-state index < -0.39 is 6.09 Å². The first kappa shape index (κ1) is 14.8. The van der Waals surface area contributed by atoms with Crippen molar-refractivity contribution in [1.82, 2.24) is 0 Å². The fourth-order valence-electron chi connectivity index (χ4n) is 1.92. The Labute approximate surface area is 136 Å². The Morgan fingerprint density at radius 2 is 1.95 bits per heavy atom. The van der Waals surface area contributed by atoms with Gasteiger partial charge in [0.15, 0.2) is 11.5 Å². The molecule has 5 nitrogen and oxygen atoms in total. The lowest BCUT2D eigenvalue weighted by Crippen LogP contribution is -2.13. The number of anilines is 1. The van der Waals surface area contributed by atoms with Crippen molar-refractivity contribution < 1.29 is 19.0 Å². The van der Waals surface area contributed by atoms with Gasteiger partial charge in [0.05, 0.1) is 10.7 Å². The molecule has 0 unspecified atom stereocenters. The highest BCUT2D eigenvalue weighted by molar-refractivity contribution is 6.36. The average Bonchev–Trinajstić information content (AvgIpc) is 2.95. The van der Waals surface area contributed by atoms with Gasteiger partial charge in [0.1, 0.15) is 6.61 Å². The number of rotatable bonds is 3. The van der Waals surface area contributed by atoms with Gasteiger partial charge in [-0.25, -0.2) is 4.79 Å². The third kappa shape index (κ3) is 3.37. The molecule has 1 aliphatic heterocycles. The molecule has 0 bridgehead atoms. The van der Waals surface area contributed by atoms with Crippen LogP contribution in [0.5, 0.6) is 11.5 Å². The third-order valence-corrected chi connectivity index (χ3v) is 3.52. The zero-order valence-corrected chi connectivity index (χ0v) is 12.8. The molecule has 114 valence electrons. The number of amides is 1. The number of benzene rings is 2. The Balaban J connectivity index is 1.58. The quantitative estimate of drug-likeness (QED) is 0.896. The highest BCUT2D eigenvalue weighted by Gasteiger charge is 2.14. The van der Waals surface area contributed by atoms with Gasteiger partial charge < -0.3 is 14.2 Å². The molecule has 0 aliphatic carbocycles. The van der Waals surface area contributed by atoms with Crippen molar-refractivity contribution in [1.29, 1.82) is 0 Å². The van der Waals surface area contributed by atoms with Crippen LogP contribution >= 0.6 is 23.2 Å². The summed E-state index contributed by atoms with van der Waals surface area (Å²) in [6, 6.07) is 10.1. The molecule has 0 saturated heterocycles. The van der Waals surface area contributed by atoms with E-state index in [1.807, 2.05) is 0 Å². The summed E-state index contributed by atoms with van der Waals surface area (Å²) in [6.07, 6.45) is -0.609. The highest BCUT2D eigenvalue weighted by Crippen LogP contribution is 2.32. The monoisotopic (exact) mass is 339 g/mol. The SMILES string of the molecule is O=C(Nc1ccc(Cl)cc1Cl)OCc1ccc2c(c1)OCO2. The van der Waals surface area contributed by atoms with Gasteiger partial charge >= 0.3 is 6.09 Å². The summed E-state index contributed by atoms with van der Waals surface area (Å²) >= 11 is 11.8. The molecule has 7 heteroatoms. The summed E-state index contributed by atoms with van der Waals surface area (Å²) in [5, 5.41) is 3.38. The number of nitrogens with one attached hydrogen (secondary N) is 1. The first-order chi connectivity index (χ1) is 10.6. The van der Waals surface area contributed by atoms with Crippen LogP contribution in [0.25, 0.3) is 0 Å². The Morgan fingerprint density at radius 1 is 1.14 bits per heavy atom. The molecule has 0 aromatic heterocycles. The predicted molar refractivity (Wildman–Crippen MR) is 82.8 cm³/mol. The molecule has 3 rings (SSSR count). The Hall–Kier alpha value is -2.11. The smallest absolute Gasteiger partial charge is 0.412 e. The molecular weight excluding hydrogens is 329 g/mol. The zero-order chi connectivity index (χ0) is 15.5. The maximum Gasteiger partial charge on any atom is 0.412 e. The number of hydrogen-bond acceptors (Lipinski definition) is 4. The molecule has 0 spiro atoms. The minimum atomic E-state index is -0.609. The third-order valence-electron chi connectivity index (χ3n) is 2.97. The van der Waals surface area contributed by atoms with E-state index in [-0.39, 0.29) is 13.4 Å². The van der Waals surface area contributed by atoms with Crippen LogP contribution < -0.4 is 14.8 Å². The molecule has 1 N–H and O–H groups in total. The summed E-state index contributed by atoms with van der Waals surface area (Å²) in [7, 11) is 0. The standard InChI is InChI=1S/C15H11Cl2NO4/c16-10-2-3-12(11(17)6-10)18-15(19)20-7-9-1-4-13-14(5-9)22-8-21-13/h1-6H,7-8H2,(H,18,19). The van der Waals surface area contributed by atoms with E-state index in [0.29, 0.717) is 27.2 Å². The summed E-state index contributed by atoms with van der Waals surface area (Å²) in [5.41, 5.74) is 1.23. The predicted octanol–water partition coefficient (Wildman–Crippen LogP) is 4.47. The first-order valence-electron chi connectivity index (χ1n) is 6.39. The van der Waals surface area contributed by atoms with E-state index in [0.717, 1.165) is 5.56 Å². The minimum absolute atomic E-state index is 0.105. The molecule has 2 aromatic rings. The Bertz CT molecular complexity index is 721. The summed E-state index contributed by atoms with van der Waals surface area (Å²) in [4.78, 5) is 11.8. The molecular formula is C15H11Cl2NO4. The van der Waals surface area contributed by atoms with Crippen molar-refractivity contribution in [3.05, 3.63) is 52.0 Å². The number of hydrogen-bond donors (Lipinski definition) is 1. The van der Waals surface area contributed by atoms with E-state index in [4.69, 9.17) is 37.4 Å². The molecule has 0 atom stereocenters. The van der Waals surface area contributed by atoms with E-state index in [9.17, 15) is 4.79 Å². The van der Waals surface area contributed by atoms with E-state index in [1.165, 1.54) is 6.07 Å². The van der Waals surface area contributed by atoms with Gasteiger partial charge in [-0.2, -0.15) is 0 Å². The average molecular weight is 340 g/mol. The zero-order valence-electron chi connectivity index (χ0n) is 11.3. The molecule has 1 aliphatic rings. The Morgan fingerprint density at radius 3 is 2.77 bits per heavy atom. The normalized spacial score (nSPS) is 12.1. The maximum atomic E-state index is 11.8. The second-order valence-electron chi connectivity index (χ2n) is 4.51. The first-order valence-corrected chi connectivity index (χ1v) is 7.15. The number of carbonyl (C=O) groups is 1. The number of ether oxygens (including phenoxy) is 3. The summed E-state index contributed by atoms with van der Waals surface area (Å²) in [5.74, 6) is 1.32. The summed E-state index contributed by atoms with van der Waals surface area (Å²) < 4.78 is 15.6. The van der Waals surface area contributed by atoms with Crippen LogP contribution in [-0.4, -0.2) is 12.9 Å². The fraction of sp³-hybridized carbons (Fsp3) is 0.133. The van der Waals surface area contributed by atoms with Gasteiger partial charge in [0.2, 0.25) is 6.79 Å². The minimum Gasteiger partial charge on any atom is -0.454 e. The van der Waals surface area contributed by atoms with Crippen LogP contribution in [0, 0.1) is 0 Å². The number of carbonyl (C=O) groups excluding carboxylic acids is 1. The second-order valence-corrected chi connectivity index (χ2v) is 5.36. The molecule has 0 fully saturated rings. The molecule has 1 amide bonds. The second kappa shape index (κ2) is 6.34. The molecule has 0 radical (unpaired) electrons. The lowest BCUT2D eigenvalue weighted by Gasteiger charge is -2.09. The van der Waals surface area contributed by atoms with Crippen LogP contribution in [0.1, 0.15) is 5.56 Å². The maximum absolute atomic E-state index is 11.8. The van der Waals surface area contributed by atoms with Crippen molar-refractivity contribution in [3.8, 4) is 11.5 Å². The van der Waals surface area contributed by atoms with Crippen LogP contribution in [-0.2, 0) is 11.3 Å². The highest BCUT2D eigenvalue weighted by atomic mass is 35.5. The van der Waals surface area contributed by atoms with Crippen molar-refractivity contribution in [2.75, 3.05) is 12.1 Å². The van der Waals surface area contributed by atoms with Gasteiger partial charge in [-0.3, -0.25) is 5.32 Å². The van der Waals surface area contributed by atoms with Crippen LogP contribution in [0.4, 0.5) is 10.5 Å². The lowest BCUT2D eigenvalue weighted by atomic mass is 10.2. The van der Waals surface area contributed by atoms with Gasteiger partial charge in [0.25, 0.3) is 0 Å². The van der Waals surface area contributed by atoms with Crippen molar-refractivity contribution in [2.45, 2.75) is 6.61 Å². The topological polar surface area (TPSA) is 56.8 Å². The van der Waals surface area contributed by atoms with Crippen LogP contribution in [0.2, 0.25) is 10.0 Å². The van der Waals surface area contributed by atoms with Gasteiger partial charge in [0, 0.05) is 5.02 Å². The van der Waals surface area contributed by atoms with Crippen molar-refractivity contribution in [3.63, 3.8) is 0 Å². The van der Waals surface area contributed by atoms with Crippen molar-refractivity contribution >= 4 is 35.0 Å². The molecule has 2 aromatic carbocycles. The van der Waals surface area contributed by atoms with Gasteiger partial charge in [-0.1, -0.05) is 29.3 Å². The van der Waals surface area contributed by atoms with Crippen LogP contribution in [0.15, 0.2) is 36.4 Å². The number of fused-ring (bicyclic) bond motifs is 1. The van der Waals surface area contributed by atoms with E-state index in [2.05, 4.69) is 5.32 Å². The largest absolute Gasteiger partial charge is 0.454 e. The fourth-order valence-corrected chi connectivity index (χ4v) is 2.37. The summed E-state index contributed by atoms with van der Waals surface area (Å²) in [6.45, 7) is 0.308. The number of halogens is 2. The lowest BCUT2D eigenvalue weighted by molar-refractivity contribution is 0.154. The molecule has 22 heavy (non-hydrogen) atoms. The van der Waals surface area contributed by atoms with E-state index in [1.54, 1.807) is 30.3 Å². The van der Waals surface area contributed by atoms with Crippen molar-refractivity contribution in [2.24, 2.45) is 0 Å². The van der Waals surface area contributed by atoms with E-state index >= 15 is 0 Å². The van der Waals surface area contributed by atoms with Crippen LogP contribution in [0.3, 0.4) is 0 Å².